The Morgan fingerprint density at radius 1 is 0.370 bits per heavy atom. The second kappa shape index (κ2) is 10.8. The molecule has 0 radical (unpaired) electrons. The first-order valence-electron chi connectivity index (χ1n) is 15.7. The number of fused-ring (bicyclic) bond motifs is 5. The van der Waals surface area contributed by atoms with Crippen LogP contribution in [0, 0.1) is 0 Å². The molecule has 2 aromatic heterocycles. The Morgan fingerprint density at radius 3 is 1.89 bits per heavy atom. The molecule has 2 heteroatoms. The summed E-state index contributed by atoms with van der Waals surface area (Å²) >= 11 is 0. The zero-order valence-electron chi connectivity index (χ0n) is 25.1. The fourth-order valence-corrected chi connectivity index (χ4v) is 6.99. The van der Waals surface area contributed by atoms with Gasteiger partial charge in [0.1, 0.15) is 0 Å². The molecule has 0 saturated heterocycles. The van der Waals surface area contributed by atoms with E-state index in [9.17, 15) is 0 Å². The van der Waals surface area contributed by atoms with E-state index in [1.807, 2.05) is 12.4 Å². The van der Waals surface area contributed by atoms with Crippen molar-refractivity contribution in [3.8, 4) is 44.6 Å². The summed E-state index contributed by atoms with van der Waals surface area (Å²) in [5, 5.41) is 8.44. The van der Waals surface area contributed by atoms with Crippen molar-refractivity contribution < 1.29 is 0 Å². The van der Waals surface area contributed by atoms with Gasteiger partial charge in [0.05, 0.1) is 11.2 Å². The Balaban J connectivity index is 1.26. The number of aromatic nitrogens is 2. The number of hydrogen-bond donors (Lipinski definition) is 0. The van der Waals surface area contributed by atoms with Gasteiger partial charge in [-0.15, -0.1) is 0 Å². The third-order valence-corrected chi connectivity index (χ3v) is 9.15. The maximum atomic E-state index is 5.16. The second-order valence-electron chi connectivity index (χ2n) is 11.8. The number of rotatable bonds is 4. The van der Waals surface area contributed by atoms with Gasteiger partial charge in [0.25, 0.3) is 0 Å². The minimum Gasteiger partial charge on any atom is -0.264 e. The second-order valence-corrected chi connectivity index (χ2v) is 11.8. The summed E-state index contributed by atoms with van der Waals surface area (Å²) in [6.45, 7) is 0. The van der Waals surface area contributed by atoms with Crippen LogP contribution in [0.25, 0.3) is 87.9 Å². The highest BCUT2D eigenvalue weighted by atomic mass is 14.7. The van der Waals surface area contributed by atoms with Crippen molar-refractivity contribution in [1.29, 1.82) is 0 Å². The Hall–Kier alpha value is -6.12. The van der Waals surface area contributed by atoms with E-state index in [2.05, 4.69) is 163 Å². The van der Waals surface area contributed by atoms with E-state index in [0.717, 1.165) is 22.2 Å². The van der Waals surface area contributed by atoms with Gasteiger partial charge in [-0.3, -0.25) is 4.98 Å². The van der Waals surface area contributed by atoms with Crippen LogP contribution >= 0.6 is 0 Å². The predicted octanol–water partition coefficient (Wildman–Crippen LogP) is 11.8. The summed E-state index contributed by atoms with van der Waals surface area (Å²) in [7, 11) is 0. The van der Waals surface area contributed by atoms with E-state index < -0.39 is 0 Å². The Morgan fingerprint density at radius 2 is 1.02 bits per heavy atom. The van der Waals surface area contributed by atoms with Gasteiger partial charge in [0.15, 0.2) is 0 Å². The van der Waals surface area contributed by atoms with Gasteiger partial charge in [-0.2, -0.15) is 0 Å². The molecule has 2 heterocycles. The van der Waals surface area contributed by atoms with Crippen molar-refractivity contribution in [2.75, 3.05) is 0 Å². The molecule has 214 valence electrons. The standard InChI is InChI=1S/C44H28N2/c1-2-11-30(12-3-1)43-27-41(44-36-16-5-4-10-29(36)20-23-42(44)46-43)32-14-8-13-31(26-32)34-21-22-40(39-18-7-6-17-37(34)39)38-19-9-15-33-28-45-25-24-35(33)38/h1-28H. The molecular weight excluding hydrogens is 556 g/mol. The number of pyridine rings is 2. The fourth-order valence-electron chi connectivity index (χ4n) is 6.99. The highest BCUT2D eigenvalue weighted by molar-refractivity contribution is 6.14. The minimum absolute atomic E-state index is 0.976. The topological polar surface area (TPSA) is 25.8 Å². The maximum Gasteiger partial charge on any atom is 0.0722 e. The SMILES string of the molecule is c1ccc(-c2cc(-c3cccc(-c4ccc(-c5cccc6cnccc56)c5ccccc45)c3)c3c(ccc4ccccc43)n2)cc1. The highest BCUT2D eigenvalue weighted by Gasteiger charge is 2.15. The van der Waals surface area contributed by atoms with Gasteiger partial charge in [0.2, 0.25) is 0 Å². The first kappa shape index (κ1) is 26.3. The molecule has 0 amide bonds. The third-order valence-electron chi connectivity index (χ3n) is 9.15. The average Bonchev–Trinajstić information content (AvgIpc) is 3.14. The van der Waals surface area contributed by atoms with Gasteiger partial charge in [-0.25, -0.2) is 4.98 Å². The van der Waals surface area contributed by atoms with Gasteiger partial charge in [-0.05, 0) is 84.6 Å². The summed E-state index contributed by atoms with van der Waals surface area (Å²) < 4.78 is 0. The maximum absolute atomic E-state index is 5.16. The van der Waals surface area contributed by atoms with Gasteiger partial charge < -0.3 is 0 Å². The molecule has 46 heavy (non-hydrogen) atoms. The van der Waals surface area contributed by atoms with Crippen LogP contribution in [0.1, 0.15) is 0 Å². The molecule has 9 aromatic rings. The molecule has 0 atom stereocenters. The molecule has 2 nitrogen and oxygen atoms in total. The predicted molar refractivity (Wildman–Crippen MR) is 194 cm³/mol. The van der Waals surface area contributed by atoms with Crippen molar-refractivity contribution in [3.63, 3.8) is 0 Å². The van der Waals surface area contributed by atoms with E-state index >= 15 is 0 Å². The fraction of sp³-hybridized carbons (Fsp3) is 0. The smallest absolute Gasteiger partial charge is 0.0722 e. The van der Waals surface area contributed by atoms with Crippen LogP contribution in [0.3, 0.4) is 0 Å². The first-order chi connectivity index (χ1) is 22.8. The monoisotopic (exact) mass is 584 g/mol. The Bertz CT molecular complexity index is 2580. The Kier molecular flexibility index (Phi) is 6.17. The van der Waals surface area contributed by atoms with E-state index in [-0.39, 0.29) is 0 Å². The summed E-state index contributed by atoms with van der Waals surface area (Å²) in [6.07, 6.45) is 3.82. The van der Waals surface area contributed by atoms with Crippen LogP contribution in [-0.4, -0.2) is 9.97 Å². The van der Waals surface area contributed by atoms with Gasteiger partial charge >= 0.3 is 0 Å². The highest BCUT2D eigenvalue weighted by Crippen LogP contribution is 2.41. The molecule has 9 rings (SSSR count). The van der Waals surface area contributed by atoms with Crippen molar-refractivity contribution in [3.05, 3.63) is 170 Å². The van der Waals surface area contributed by atoms with Crippen LogP contribution in [0.2, 0.25) is 0 Å². The van der Waals surface area contributed by atoms with Crippen molar-refractivity contribution >= 4 is 43.2 Å². The lowest BCUT2D eigenvalue weighted by molar-refractivity contribution is 1.36. The zero-order chi connectivity index (χ0) is 30.5. The summed E-state index contributed by atoms with van der Waals surface area (Å²) in [4.78, 5) is 9.51. The number of benzene rings is 7. The van der Waals surface area contributed by atoms with Crippen molar-refractivity contribution in [1.82, 2.24) is 9.97 Å². The molecule has 0 unspecified atom stereocenters. The van der Waals surface area contributed by atoms with Crippen LogP contribution in [0.5, 0.6) is 0 Å². The van der Waals surface area contributed by atoms with Crippen molar-refractivity contribution in [2.24, 2.45) is 0 Å². The van der Waals surface area contributed by atoms with E-state index in [4.69, 9.17) is 4.98 Å². The number of nitrogens with zero attached hydrogens (tertiary/aromatic N) is 2. The molecular formula is C44H28N2. The van der Waals surface area contributed by atoms with Gasteiger partial charge in [0, 0.05) is 28.7 Å². The normalized spacial score (nSPS) is 11.5. The van der Waals surface area contributed by atoms with Crippen molar-refractivity contribution in [2.45, 2.75) is 0 Å². The van der Waals surface area contributed by atoms with E-state index in [1.165, 1.54) is 65.7 Å². The quantitative estimate of drug-likeness (QED) is 0.192. The summed E-state index contributed by atoms with van der Waals surface area (Å²) in [6, 6.07) is 56.6. The van der Waals surface area contributed by atoms with E-state index in [0.29, 0.717) is 0 Å². The summed E-state index contributed by atoms with van der Waals surface area (Å²) in [5.41, 5.74) is 10.3. The molecule has 7 aromatic carbocycles. The third kappa shape index (κ3) is 4.35. The van der Waals surface area contributed by atoms with Gasteiger partial charge in [-0.1, -0.05) is 133 Å². The lowest BCUT2D eigenvalue weighted by atomic mass is 9.89. The number of hydrogen-bond acceptors (Lipinski definition) is 2. The lowest BCUT2D eigenvalue weighted by Crippen LogP contribution is -1.92. The summed E-state index contributed by atoms with van der Waals surface area (Å²) in [5.74, 6) is 0. The molecule has 0 spiro atoms. The average molecular weight is 585 g/mol. The lowest BCUT2D eigenvalue weighted by Gasteiger charge is -2.16. The Labute approximate surface area is 267 Å². The van der Waals surface area contributed by atoms with Crippen LogP contribution in [0.15, 0.2) is 170 Å². The van der Waals surface area contributed by atoms with E-state index in [1.54, 1.807) is 0 Å². The van der Waals surface area contributed by atoms with Crippen LogP contribution < -0.4 is 0 Å². The molecule has 0 N–H and O–H groups in total. The molecule has 0 aliphatic rings. The van der Waals surface area contributed by atoms with Crippen LogP contribution in [-0.2, 0) is 0 Å². The largest absolute Gasteiger partial charge is 0.264 e. The first-order valence-corrected chi connectivity index (χ1v) is 15.7. The minimum atomic E-state index is 0.976. The van der Waals surface area contributed by atoms with Crippen LogP contribution in [0.4, 0.5) is 0 Å². The zero-order valence-corrected chi connectivity index (χ0v) is 25.1. The molecule has 0 bridgehead atoms. The molecule has 0 aliphatic heterocycles. The molecule has 0 saturated carbocycles. The molecule has 0 fully saturated rings. The molecule has 0 aliphatic carbocycles.